The fourth-order valence-corrected chi connectivity index (χ4v) is 7.77. The van der Waals surface area contributed by atoms with E-state index in [0.717, 1.165) is 55.4 Å². The maximum absolute atomic E-state index is 12.9. The van der Waals surface area contributed by atoms with Gasteiger partial charge >= 0.3 is 18.0 Å². The molecule has 2 aromatic carbocycles. The van der Waals surface area contributed by atoms with Crippen molar-refractivity contribution in [3.8, 4) is 0 Å². The summed E-state index contributed by atoms with van der Waals surface area (Å²) in [5.41, 5.74) is 3.54. The molecule has 1 N–H and O–H groups in total. The summed E-state index contributed by atoms with van der Waals surface area (Å²) in [6.07, 6.45) is 13.7. The molecule has 1 amide bonds. The highest BCUT2D eigenvalue weighted by atomic mass is 16.6. The van der Waals surface area contributed by atoms with Crippen LogP contribution in [0.3, 0.4) is 0 Å². The van der Waals surface area contributed by atoms with E-state index in [9.17, 15) is 14.4 Å². The summed E-state index contributed by atoms with van der Waals surface area (Å²) in [7, 11) is 0. The fraction of sp³-hybridized carbons (Fsp3) is 0.619. The molecule has 50 heavy (non-hydrogen) atoms. The highest BCUT2D eigenvalue weighted by Gasteiger charge is 2.48. The van der Waals surface area contributed by atoms with Crippen molar-refractivity contribution in [2.75, 3.05) is 13.2 Å². The van der Waals surface area contributed by atoms with Gasteiger partial charge in [0.25, 0.3) is 0 Å². The maximum atomic E-state index is 12.9. The maximum Gasteiger partial charge on any atom is 0.408 e. The third kappa shape index (κ3) is 10.4. The van der Waals surface area contributed by atoms with Gasteiger partial charge in [0, 0.05) is 11.1 Å². The molecule has 0 aliphatic heterocycles. The third-order valence-electron chi connectivity index (χ3n) is 11.1. The Bertz CT molecular complexity index is 1400. The first kappa shape index (κ1) is 37.6. The van der Waals surface area contributed by atoms with E-state index in [1.807, 2.05) is 64.1 Å². The number of benzene rings is 2. The number of nitrogens with zero attached hydrogens (tertiary/aromatic N) is 1. The van der Waals surface area contributed by atoms with Gasteiger partial charge in [0.1, 0.15) is 11.6 Å². The zero-order valence-electron chi connectivity index (χ0n) is 30.9. The van der Waals surface area contributed by atoms with Crippen molar-refractivity contribution in [3.05, 3.63) is 71.8 Å². The molecule has 8 nitrogen and oxygen atoms in total. The Hall–Kier alpha value is -3.68. The highest BCUT2D eigenvalue weighted by molar-refractivity contribution is 6.13. The van der Waals surface area contributed by atoms with Crippen LogP contribution in [0.1, 0.15) is 123 Å². The summed E-state index contributed by atoms with van der Waals surface area (Å²) in [4.78, 5) is 42.2. The van der Waals surface area contributed by atoms with Gasteiger partial charge in [-0.15, -0.1) is 0 Å². The van der Waals surface area contributed by atoms with Crippen molar-refractivity contribution in [1.82, 2.24) is 5.32 Å². The summed E-state index contributed by atoms with van der Waals surface area (Å²) < 4.78 is 15.9. The molecule has 2 atom stereocenters. The van der Waals surface area contributed by atoms with Crippen molar-refractivity contribution in [3.63, 3.8) is 0 Å². The van der Waals surface area contributed by atoms with Crippen molar-refractivity contribution in [2.45, 2.75) is 129 Å². The normalized spacial score (nSPS) is 21.4. The quantitative estimate of drug-likeness (QED) is 0.152. The number of amides is 1. The number of alkyl carbamates (subject to hydrolysis) is 1. The van der Waals surface area contributed by atoms with E-state index in [2.05, 4.69) is 29.6 Å². The van der Waals surface area contributed by atoms with Crippen LogP contribution in [-0.4, -0.2) is 54.6 Å². The van der Waals surface area contributed by atoms with Crippen molar-refractivity contribution in [1.29, 1.82) is 0 Å². The van der Waals surface area contributed by atoms with Crippen LogP contribution in [0.5, 0.6) is 0 Å². The van der Waals surface area contributed by atoms with Gasteiger partial charge in [-0.25, -0.2) is 14.4 Å². The molecule has 0 aromatic heterocycles. The van der Waals surface area contributed by atoms with Gasteiger partial charge in [-0.05, 0) is 134 Å². The van der Waals surface area contributed by atoms with E-state index in [4.69, 9.17) is 19.2 Å². The first-order valence-corrected chi connectivity index (χ1v) is 19.0. The highest BCUT2D eigenvalue weighted by Crippen LogP contribution is 2.58. The van der Waals surface area contributed by atoms with Crippen LogP contribution in [-0.2, 0) is 23.8 Å². The Morgan fingerprint density at radius 1 is 0.700 bits per heavy atom. The Morgan fingerprint density at radius 2 is 1.14 bits per heavy atom. The van der Waals surface area contributed by atoms with E-state index >= 15 is 0 Å². The first-order valence-electron chi connectivity index (χ1n) is 19.0. The Kier molecular flexibility index (Phi) is 12.4. The Morgan fingerprint density at radius 3 is 1.56 bits per heavy atom. The molecule has 2 unspecified atom stereocenters. The van der Waals surface area contributed by atoms with Gasteiger partial charge in [-0.2, -0.15) is 0 Å². The molecule has 0 bridgehead atoms. The van der Waals surface area contributed by atoms with Gasteiger partial charge in [-0.1, -0.05) is 60.7 Å². The molecule has 8 heteroatoms. The average Bonchev–Trinajstić information content (AvgIpc) is 4.04. The van der Waals surface area contributed by atoms with Crippen LogP contribution in [0.25, 0.3) is 0 Å². The van der Waals surface area contributed by atoms with Crippen LogP contribution in [0.2, 0.25) is 0 Å². The molecule has 0 saturated heterocycles. The summed E-state index contributed by atoms with van der Waals surface area (Å²) in [5.74, 6) is -0.0980. The number of aliphatic imine (C=N–C) groups is 1. The molecule has 2 spiro atoms. The number of esters is 2. The molecule has 0 radical (unpaired) electrons. The zero-order valence-corrected chi connectivity index (χ0v) is 30.9. The van der Waals surface area contributed by atoms with Crippen LogP contribution in [0.4, 0.5) is 4.79 Å². The topological polar surface area (TPSA) is 103 Å². The monoisotopic (exact) mass is 686 g/mol. The second kappa shape index (κ2) is 16.6. The first-order chi connectivity index (χ1) is 24.0. The lowest BCUT2D eigenvalue weighted by atomic mass is 9.76. The number of ether oxygens (including phenoxy) is 3. The number of carbonyl (C=O) groups is 3. The predicted octanol–water partition coefficient (Wildman–Crippen LogP) is 8.84. The van der Waals surface area contributed by atoms with Gasteiger partial charge in [0.15, 0.2) is 6.04 Å². The van der Waals surface area contributed by atoms with Crippen molar-refractivity contribution in [2.24, 2.45) is 27.7 Å². The van der Waals surface area contributed by atoms with E-state index < -0.39 is 23.8 Å². The van der Waals surface area contributed by atoms with Gasteiger partial charge < -0.3 is 19.5 Å². The van der Waals surface area contributed by atoms with Crippen LogP contribution >= 0.6 is 0 Å². The lowest BCUT2D eigenvalue weighted by Crippen LogP contribution is -2.49. The lowest BCUT2D eigenvalue weighted by molar-refractivity contribution is -0.148. The molecule has 2 aromatic rings. The van der Waals surface area contributed by atoms with E-state index in [-0.39, 0.29) is 23.8 Å². The fourth-order valence-electron chi connectivity index (χ4n) is 7.77. The minimum Gasteiger partial charge on any atom is -0.464 e. The zero-order chi connectivity index (χ0) is 35.8. The number of nitrogens with one attached hydrogen (secondary N) is 1. The molecule has 0 heterocycles. The molecule has 4 aliphatic carbocycles. The number of rotatable bonds is 10. The second-order valence-corrected chi connectivity index (χ2v) is 16.0. The molecule has 4 aliphatic rings. The summed E-state index contributed by atoms with van der Waals surface area (Å²) in [6, 6.07) is 19.3. The van der Waals surface area contributed by atoms with Crippen LogP contribution in [0.15, 0.2) is 65.7 Å². The van der Waals surface area contributed by atoms with E-state index in [0.29, 0.717) is 24.0 Å². The Balaban J connectivity index is 0.000000201. The minimum absolute atomic E-state index is 0.151. The number of hydrogen-bond donors (Lipinski definition) is 1. The summed E-state index contributed by atoms with van der Waals surface area (Å²) in [6.45, 7) is 9.79. The third-order valence-corrected chi connectivity index (χ3v) is 11.1. The van der Waals surface area contributed by atoms with Gasteiger partial charge in [0.05, 0.1) is 18.9 Å². The second-order valence-electron chi connectivity index (χ2n) is 16.0. The molecule has 6 rings (SSSR count). The summed E-state index contributed by atoms with van der Waals surface area (Å²) >= 11 is 0. The van der Waals surface area contributed by atoms with Gasteiger partial charge in [0.2, 0.25) is 0 Å². The number of hydrogen-bond acceptors (Lipinski definition) is 7. The molecule has 4 saturated carbocycles. The smallest absolute Gasteiger partial charge is 0.408 e. The molecule has 272 valence electrons. The van der Waals surface area contributed by atoms with Crippen molar-refractivity contribution >= 4 is 23.7 Å². The van der Waals surface area contributed by atoms with E-state index in [1.54, 1.807) is 6.92 Å². The SMILES string of the molecule is CCOC(=O)C(N=C(c1ccccc1)c1ccccc1)C1CCC2(CC1)CC2.CCOC(=O)C(NC(=O)OC(C)(C)C)C1CCC2(CC1)CC2. The van der Waals surface area contributed by atoms with Crippen LogP contribution in [0, 0.1) is 22.7 Å². The minimum atomic E-state index is -0.592. The molecular formula is C42H58N2O6. The van der Waals surface area contributed by atoms with Crippen LogP contribution < -0.4 is 5.32 Å². The predicted molar refractivity (Wildman–Crippen MR) is 196 cm³/mol. The van der Waals surface area contributed by atoms with Gasteiger partial charge in [-0.3, -0.25) is 4.99 Å². The molecule has 4 fully saturated rings. The number of carbonyl (C=O) groups excluding carboxylic acids is 3. The average molecular weight is 687 g/mol. The largest absolute Gasteiger partial charge is 0.464 e. The van der Waals surface area contributed by atoms with Crippen molar-refractivity contribution < 1.29 is 28.6 Å². The summed E-state index contributed by atoms with van der Waals surface area (Å²) in [5, 5.41) is 2.74. The standard InChI is InChI=1S/C25H29NO2.C17H29NO4/c1-2-28-24(27)23(21-13-15-25(16-14-21)17-18-25)26-22(19-9-5-3-6-10-19)20-11-7-4-8-12-20;1-5-21-14(19)13(18-15(20)22-16(2,3)4)12-6-8-17(9-7-12)10-11-17/h3-12,21,23H,2,13-18H2,1H3;12-13H,5-11H2,1-4H3,(H,18,20). The molecular weight excluding hydrogens is 628 g/mol. The lowest BCUT2D eigenvalue weighted by Gasteiger charge is -2.33. The van der Waals surface area contributed by atoms with E-state index in [1.165, 1.54) is 38.5 Å². The Labute approximate surface area is 299 Å².